The molecular formula is C18H17F7O4. The lowest BCUT2D eigenvalue weighted by atomic mass is 9.95. The minimum atomic E-state index is -4.88. The monoisotopic (exact) mass is 430 g/mol. The van der Waals surface area contributed by atoms with Crippen molar-refractivity contribution in [3.63, 3.8) is 0 Å². The summed E-state index contributed by atoms with van der Waals surface area (Å²) < 4.78 is 103. The highest BCUT2D eigenvalue weighted by atomic mass is 19.4. The van der Waals surface area contributed by atoms with Crippen LogP contribution in [0, 0.1) is 0 Å². The molecule has 1 aromatic rings. The van der Waals surface area contributed by atoms with Crippen molar-refractivity contribution < 1.29 is 49.8 Å². The van der Waals surface area contributed by atoms with Gasteiger partial charge in [-0.1, -0.05) is 12.1 Å². The zero-order chi connectivity index (χ0) is 22.5. The van der Waals surface area contributed by atoms with Gasteiger partial charge in [-0.15, -0.1) is 0 Å². The molecule has 11 heteroatoms. The molecule has 0 aliphatic carbocycles. The molecule has 0 fully saturated rings. The average Bonchev–Trinajstić information content (AvgIpc) is 2.60. The highest BCUT2D eigenvalue weighted by Gasteiger charge is 2.44. The van der Waals surface area contributed by atoms with Crippen molar-refractivity contribution in [3.05, 3.63) is 41.5 Å². The van der Waals surface area contributed by atoms with E-state index in [2.05, 4.69) is 9.47 Å². The van der Waals surface area contributed by atoms with Gasteiger partial charge in [-0.2, -0.15) is 30.7 Å². The van der Waals surface area contributed by atoms with Crippen LogP contribution < -0.4 is 0 Å². The fraction of sp³-hybridized carbons (Fsp3) is 0.444. The van der Waals surface area contributed by atoms with E-state index in [1.54, 1.807) is 0 Å². The molecule has 0 spiro atoms. The van der Waals surface area contributed by atoms with E-state index >= 15 is 0 Å². The number of hydrogen-bond acceptors (Lipinski definition) is 4. The molecule has 0 aliphatic rings. The maximum atomic E-state index is 14.1. The lowest BCUT2D eigenvalue weighted by Gasteiger charge is -2.19. The number of ether oxygens (including phenoxy) is 2. The third kappa shape index (κ3) is 6.75. The van der Waals surface area contributed by atoms with Crippen LogP contribution in [-0.4, -0.2) is 37.0 Å². The second-order valence-corrected chi connectivity index (χ2v) is 5.69. The SMILES string of the molecule is CCOC(=O)C(F)(F)/C=C(/CC(F)(F)C(=O)OCC)c1cccc(C(F)(F)F)c1. The van der Waals surface area contributed by atoms with Crippen molar-refractivity contribution in [2.75, 3.05) is 13.2 Å². The lowest BCUT2D eigenvalue weighted by molar-refractivity contribution is -0.170. The second-order valence-electron chi connectivity index (χ2n) is 5.69. The van der Waals surface area contributed by atoms with Gasteiger partial charge in [0.2, 0.25) is 0 Å². The normalized spacial score (nSPS) is 13.2. The van der Waals surface area contributed by atoms with Crippen molar-refractivity contribution in [2.24, 2.45) is 0 Å². The van der Waals surface area contributed by atoms with E-state index in [-0.39, 0.29) is 6.08 Å². The summed E-state index contributed by atoms with van der Waals surface area (Å²) in [6, 6.07) is 2.64. The van der Waals surface area contributed by atoms with Crippen LogP contribution in [0.2, 0.25) is 0 Å². The number of allylic oxidation sites excluding steroid dienone is 1. The lowest BCUT2D eigenvalue weighted by Crippen LogP contribution is -2.33. The summed E-state index contributed by atoms with van der Waals surface area (Å²) in [6.07, 6.45) is -6.84. The zero-order valence-corrected chi connectivity index (χ0v) is 15.3. The van der Waals surface area contributed by atoms with Crippen LogP contribution in [0.15, 0.2) is 30.3 Å². The molecule has 162 valence electrons. The van der Waals surface area contributed by atoms with Crippen molar-refractivity contribution in [1.82, 2.24) is 0 Å². The molecule has 0 unspecified atom stereocenters. The Morgan fingerprint density at radius 1 is 0.931 bits per heavy atom. The van der Waals surface area contributed by atoms with Crippen molar-refractivity contribution in [1.29, 1.82) is 0 Å². The van der Waals surface area contributed by atoms with Crippen LogP contribution in [0.4, 0.5) is 30.7 Å². The first kappa shape index (κ1) is 24.4. The summed E-state index contributed by atoms with van der Waals surface area (Å²) in [6.45, 7) is 1.57. The molecule has 0 amide bonds. The van der Waals surface area contributed by atoms with E-state index in [0.29, 0.717) is 12.1 Å². The molecule has 0 saturated heterocycles. The number of carbonyl (C=O) groups excluding carboxylic acids is 2. The molecule has 0 N–H and O–H groups in total. The third-order valence-electron chi connectivity index (χ3n) is 3.45. The Bertz CT molecular complexity index is 770. The topological polar surface area (TPSA) is 52.6 Å². The summed E-state index contributed by atoms with van der Waals surface area (Å²) in [5.74, 6) is -12.9. The van der Waals surface area contributed by atoms with Gasteiger partial charge in [0, 0.05) is 12.5 Å². The summed E-state index contributed by atoms with van der Waals surface area (Å²) >= 11 is 0. The molecule has 0 aliphatic heterocycles. The predicted molar refractivity (Wildman–Crippen MR) is 87.2 cm³/mol. The molecule has 4 nitrogen and oxygen atoms in total. The molecule has 0 bridgehead atoms. The van der Waals surface area contributed by atoms with Gasteiger partial charge >= 0.3 is 30.0 Å². The van der Waals surface area contributed by atoms with E-state index in [4.69, 9.17) is 0 Å². The minimum Gasteiger partial charge on any atom is -0.462 e. The van der Waals surface area contributed by atoms with Crippen LogP contribution in [0.3, 0.4) is 0 Å². The fourth-order valence-corrected chi connectivity index (χ4v) is 2.18. The van der Waals surface area contributed by atoms with Crippen molar-refractivity contribution in [3.8, 4) is 0 Å². The Morgan fingerprint density at radius 2 is 1.48 bits per heavy atom. The van der Waals surface area contributed by atoms with Crippen LogP contribution in [-0.2, 0) is 25.2 Å². The Balaban J connectivity index is 3.49. The van der Waals surface area contributed by atoms with Crippen LogP contribution >= 0.6 is 0 Å². The Hall–Kier alpha value is -2.59. The van der Waals surface area contributed by atoms with Gasteiger partial charge in [-0.3, -0.25) is 0 Å². The van der Waals surface area contributed by atoms with Gasteiger partial charge in [0.05, 0.1) is 18.8 Å². The molecule has 1 rings (SSSR count). The Morgan fingerprint density at radius 3 is 2.00 bits per heavy atom. The molecule has 0 aromatic heterocycles. The highest BCUT2D eigenvalue weighted by Crippen LogP contribution is 2.36. The summed E-state index contributed by atoms with van der Waals surface area (Å²) in [5, 5.41) is 0. The first-order valence-corrected chi connectivity index (χ1v) is 8.24. The minimum absolute atomic E-state index is 0.242. The van der Waals surface area contributed by atoms with Gasteiger partial charge in [0.25, 0.3) is 0 Å². The van der Waals surface area contributed by atoms with Gasteiger partial charge in [0.15, 0.2) is 0 Å². The molecule has 0 radical (unpaired) electrons. The predicted octanol–water partition coefficient (Wildman–Crippen LogP) is 4.88. The van der Waals surface area contributed by atoms with Gasteiger partial charge < -0.3 is 9.47 Å². The number of carbonyl (C=O) groups is 2. The zero-order valence-electron chi connectivity index (χ0n) is 15.3. The average molecular weight is 430 g/mol. The van der Waals surface area contributed by atoms with E-state index in [1.807, 2.05) is 0 Å². The standard InChI is InChI=1S/C18H17F7O4/c1-3-28-14(26)16(19,20)9-12(10-17(21,22)15(27)29-4-2)11-6-5-7-13(8-11)18(23,24)25/h5-9H,3-4,10H2,1-2H3/b12-9-. The fourth-order valence-electron chi connectivity index (χ4n) is 2.18. The van der Waals surface area contributed by atoms with Gasteiger partial charge in [-0.25, -0.2) is 9.59 Å². The number of benzene rings is 1. The van der Waals surface area contributed by atoms with Crippen molar-refractivity contribution >= 4 is 17.5 Å². The molecule has 1 aromatic carbocycles. The van der Waals surface area contributed by atoms with Gasteiger partial charge in [0.1, 0.15) is 0 Å². The van der Waals surface area contributed by atoms with E-state index in [0.717, 1.165) is 12.1 Å². The number of rotatable bonds is 8. The smallest absolute Gasteiger partial charge is 0.416 e. The number of esters is 2. The van der Waals surface area contributed by atoms with Crippen LogP contribution in [0.1, 0.15) is 31.4 Å². The van der Waals surface area contributed by atoms with E-state index in [1.165, 1.54) is 13.8 Å². The number of hydrogen-bond donors (Lipinski definition) is 0. The second kappa shape index (κ2) is 9.27. The largest absolute Gasteiger partial charge is 0.462 e. The number of halogens is 7. The van der Waals surface area contributed by atoms with Crippen molar-refractivity contribution in [2.45, 2.75) is 38.3 Å². The van der Waals surface area contributed by atoms with Crippen LogP contribution in [0.5, 0.6) is 0 Å². The summed E-state index contributed by atoms with van der Waals surface area (Å²) in [4.78, 5) is 22.8. The summed E-state index contributed by atoms with van der Waals surface area (Å²) in [7, 11) is 0. The Kier molecular flexibility index (Phi) is 7.82. The number of alkyl halides is 7. The van der Waals surface area contributed by atoms with E-state index < -0.39 is 66.3 Å². The molecule has 0 saturated carbocycles. The Labute approximate surface area is 161 Å². The summed E-state index contributed by atoms with van der Waals surface area (Å²) in [5.41, 5.74) is -3.03. The first-order chi connectivity index (χ1) is 13.2. The van der Waals surface area contributed by atoms with Gasteiger partial charge in [-0.05, 0) is 37.1 Å². The maximum absolute atomic E-state index is 14.1. The van der Waals surface area contributed by atoms with Crippen LogP contribution in [0.25, 0.3) is 5.57 Å². The molecule has 0 atom stereocenters. The quantitative estimate of drug-likeness (QED) is 0.436. The maximum Gasteiger partial charge on any atom is 0.416 e. The molecule has 0 heterocycles. The molecular weight excluding hydrogens is 413 g/mol. The first-order valence-electron chi connectivity index (χ1n) is 8.24. The van der Waals surface area contributed by atoms with E-state index in [9.17, 15) is 40.3 Å². The third-order valence-corrected chi connectivity index (χ3v) is 3.45. The highest BCUT2D eigenvalue weighted by molar-refractivity contribution is 5.85. The molecule has 29 heavy (non-hydrogen) atoms.